The average molecular weight is 469 g/mol. The quantitative estimate of drug-likeness (QED) is 0.725. The van der Waals surface area contributed by atoms with Crippen molar-refractivity contribution in [3.63, 3.8) is 0 Å². The molecule has 3 aliphatic rings. The lowest BCUT2D eigenvalue weighted by Gasteiger charge is -2.45. The Kier molecular flexibility index (Phi) is 6.01. The Morgan fingerprint density at radius 2 is 1.88 bits per heavy atom. The Labute approximate surface area is 196 Å². The number of piperidine rings is 1. The summed E-state index contributed by atoms with van der Waals surface area (Å²) in [4.78, 5) is 44.9. The van der Waals surface area contributed by atoms with Gasteiger partial charge in [0.2, 0.25) is 16.9 Å². The molecule has 2 fully saturated rings. The fourth-order valence-electron chi connectivity index (χ4n) is 4.91. The van der Waals surface area contributed by atoms with Gasteiger partial charge in [0, 0.05) is 25.2 Å². The molecule has 4 heterocycles. The molecule has 3 amide bonds. The lowest BCUT2D eigenvalue weighted by atomic mass is 9.95. The van der Waals surface area contributed by atoms with Gasteiger partial charge in [0.15, 0.2) is 0 Å². The van der Waals surface area contributed by atoms with E-state index in [1.54, 1.807) is 11.0 Å². The lowest BCUT2D eigenvalue weighted by Crippen LogP contribution is -2.56. The smallest absolute Gasteiger partial charge is 0.253 e. The molecule has 0 radical (unpaired) electrons. The van der Waals surface area contributed by atoms with Crippen molar-refractivity contribution in [1.82, 2.24) is 15.1 Å². The van der Waals surface area contributed by atoms with Crippen LogP contribution in [0.25, 0.3) is 0 Å². The minimum Gasteiger partial charge on any atom is -0.358 e. The van der Waals surface area contributed by atoms with Gasteiger partial charge in [-0.3, -0.25) is 24.6 Å². The predicted molar refractivity (Wildman–Crippen MR) is 127 cm³/mol. The summed E-state index contributed by atoms with van der Waals surface area (Å²) in [7, 11) is 0. The largest absolute Gasteiger partial charge is 0.358 e. The molecule has 1 atom stereocenters. The summed E-state index contributed by atoms with van der Waals surface area (Å²) in [5, 5.41) is 12.1. The minimum absolute atomic E-state index is 0.0196. The number of aryl methyl sites for hydroxylation is 1. The monoisotopic (exact) mass is 468 g/mol. The highest BCUT2D eigenvalue weighted by Crippen LogP contribution is 2.40. The third-order valence-corrected chi connectivity index (χ3v) is 7.57. The number of nitrogens with zero attached hydrogens (tertiary/aromatic N) is 5. The third kappa shape index (κ3) is 4.19. The van der Waals surface area contributed by atoms with E-state index in [0.29, 0.717) is 16.4 Å². The van der Waals surface area contributed by atoms with Crippen LogP contribution in [0.4, 0.5) is 16.5 Å². The lowest BCUT2D eigenvalue weighted by molar-refractivity contribution is -0.123. The number of benzene rings is 1. The maximum Gasteiger partial charge on any atom is 0.253 e. The molecule has 0 bridgehead atoms. The molecule has 2 aromatic rings. The summed E-state index contributed by atoms with van der Waals surface area (Å²) in [6.45, 7) is 4.17. The maximum absolute atomic E-state index is 13.5. The van der Waals surface area contributed by atoms with E-state index < -0.39 is 0 Å². The normalized spacial score (nSPS) is 20.0. The number of anilines is 3. The van der Waals surface area contributed by atoms with Crippen LogP contribution >= 0.6 is 11.3 Å². The molecule has 33 heavy (non-hydrogen) atoms. The Balaban J connectivity index is 1.44. The summed E-state index contributed by atoms with van der Waals surface area (Å²) < 4.78 is 0. The standard InChI is InChI=1S/C23H28N6O3S/c1-2-20-25-26-23(33-20)24-19(30)14-29-18-13-15(21(31)27-10-5-6-11-27)8-9-16(18)28-12-4-3-7-17(28)22(29)32/h8-9,13,17H,2-7,10-12,14H2,1H3,(H,24,26,30). The van der Waals surface area contributed by atoms with Gasteiger partial charge in [0.05, 0.1) is 11.4 Å². The summed E-state index contributed by atoms with van der Waals surface area (Å²) in [5.74, 6) is -0.433. The number of fused-ring (bicyclic) bond motifs is 3. The molecule has 3 aliphatic heterocycles. The number of rotatable bonds is 5. The van der Waals surface area contributed by atoms with Crippen molar-refractivity contribution in [3.05, 3.63) is 28.8 Å². The van der Waals surface area contributed by atoms with Crippen molar-refractivity contribution in [2.45, 2.75) is 51.5 Å². The third-order valence-electron chi connectivity index (χ3n) is 6.59. The van der Waals surface area contributed by atoms with Gasteiger partial charge in [-0.05, 0) is 56.7 Å². The average Bonchev–Trinajstić information content (AvgIpc) is 3.53. The number of carbonyl (C=O) groups excluding carboxylic acids is 3. The van der Waals surface area contributed by atoms with Crippen LogP contribution in [0.1, 0.15) is 54.4 Å². The molecule has 1 aromatic carbocycles. The number of likely N-dealkylation sites (tertiary alicyclic amines) is 1. The zero-order valence-electron chi connectivity index (χ0n) is 18.7. The van der Waals surface area contributed by atoms with Gasteiger partial charge in [0.1, 0.15) is 17.6 Å². The van der Waals surface area contributed by atoms with E-state index >= 15 is 0 Å². The van der Waals surface area contributed by atoms with Crippen LogP contribution in [0.5, 0.6) is 0 Å². The Morgan fingerprint density at radius 3 is 2.64 bits per heavy atom. The SMILES string of the molecule is CCc1nnc(NC(=O)CN2C(=O)C3CCCCN3c3ccc(C(=O)N4CCCC4)cc32)s1. The predicted octanol–water partition coefficient (Wildman–Crippen LogP) is 2.68. The molecular formula is C23H28N6O3S. The second-order valence-corrected chi connectivity index (χ2v) is 9.80. The first-order valence-corrected chi connectivity index (χ1v) is 12.5. The van der Waals surface area contributed by atoms with E-state index in [2.05, 4.69) is 20.4 Å². The van der Waals surface area contributed by atoms with E-state index in [-0.39, 0.29) is 30.3 Å². The fourth-order valence-corrected chi connectivity index (χ4v) is 5.60. The molecule has 9 nitrogen and oxygen atoms in total. The Bertz CT molecular complexity index is 1080. The van der Waals surface area contributed by atoms with Crippen LogP contribution in [-0.4, -0.2) is 65.0 Å². The van der Waals surface area contributed by atoms with Crippen molar-refractivity contribution < 1.29 is 14.4 Å². The number of amides is 3. The van der Waals surface area contributed by atoms with Crippen LogP contribution < -0.4 is 15.1 Å². The van der Waals surface area contributed by atoms with E-state index in [0.717, 1.165) is 68.9 Å². The van der Waals surface area contributed by atoms with Gasteiger partial charge in [-0.15, -0.1) is 10.2 Å². The molecular weight excluding hydrogens is 440 g/mol. The zero-order chi connectivity index (χ0) is 22.9. The highest BCUT2D eigenvalue weighted by molar-refractivity contribution is 7.15. The van der Waals surface area contributed by atoms with Crippen LogP contribution in [0, 0.1) is 0 Å². The van der Waals surface area contributed by atoms with Crippen LogP contribution in [0.2, 0.25) is 0 Å². The summed E-state index contributed by atoms with van der Waals surface area (Å²) in [5.41, 5.74) is 2.10. The van der Waals surface area contributed by atoms with Crippen molar-refractivity contribution in [3.8, 4) is 0 Å². The van der Waals surface area contributed by atoms with E-state index in [1.807, 2.05) is 24.0 Å². The van der Waals surface area contributed by atoms with Gasteiger partial charge in [-0.2, -0.15) is 0 Å². The summed E-state index contributed by atoms with van der Waals surface area (Å²) in [6, 6.07) is 5.30. The topological polar surface area (TPSA) is 98.7 Å². The molecule has 0 aliphatic carbocycles. The molecule has 2 saturated heterocycles. The number of nitrogens with one attached hydrogen (secondary N) is 1. The van der Waals surface area contributed by atoms with Crippen molar-refractivity contribution in [2.75, 3.05) is 41.3 Å². The molecule has 1 unspecified atom stereocenters. The fraction of sp³-hybridized carbons (Fsp3) is 0.522. The second-order valence-electron chi connectivity index (χ2n) is 8.73. The van der Waals surface area contributed by atoms with Gasteiger partial charge in [-0.25, -0.2) is 0 Å². The highest BCUT2D eigenvalue weighted by Gasteiger charge is 2.40. The van der Waals surface area contributed by atoms with Crippen molar-refractivity contribution in [1.29, 1.82) is 0 Å². The molecule has 1 N–H and O–H groups in total. The second kappa shape index (κ2) is 9.09. The minimum atomic E-state index is -0.325. The highest BCUT2D eigenvalue weighted by atomic mass is 32.1. The van der Waals surface area contributed by atoms with Crippen LogP contribution in [0.3, 0.4) is 0 Å². The summed E-state index contributed by atoms with van der Waals surface area (Å²) >= 11 is 1.33. The zero-order valence-corrected chi connectivity index (χ0v) is 19.6. The number of carbonyl (C=O) groups is 3. The molecule has 10 heteroatoms. The number of hydrogen-bond donors (Lipinski definition) is 1. The molecule has 0 spiro atoms. The number of aromatic nitrogens is 2. The van der Waals surface area contributed by atoms with Gasteiger partial charge < -0.3 is 9.80 Å². The Hall–Kier alpha value is -3.01. The maximum atomic E-state index is 13.5. The van der Waals surface area contributed by atoms with Gasteiger partial charge >= 0.3 is 0 Å². The first-order valence-electron chi connectivity index (χ1n) is 11.7. The van der Waals surface area contributed by atoms with Crippen LogP contribution in [0.15, 0.2) is 18.2 Å². The number of hydrogen-bond acceptors (Lipinski definition) is 7. The Morgan fingerprint density at radius 1 is 1.09 bits per heavy atom. The van der Waals surface area contributed by atoms with Crippen LogP contribution in [-0.2, 0) is 16.0 Å². The van der Waals surface area contributed by atoms with E-state index in [4.69, 9.17) is 0 Å². The van der Waals surface area contributed by atoms with Gasteiger partial charge in [-0.1, -0.05) is 18.3 Å². The van der Waals surface area contributed by atoms with E-state index in [9.17, 15) is 14.4 Å². The molecule has 1 aromatic heterocycles. The first-order chi connectivity index (χ1) is 16.0. The van der Waals surface area contributed by atoms with Crippen molar-refractivity contribution in [2.24, 2.45) is 0 Å². The van der Waals surface area contributed by atoms with Gasteiger partial charge in [0.25, 0.3) is 5.91 Å². The van der Waals surface area contributed by atoms with E-state index in [1.165, 1.54) is 11.3 Å². The molecule has 174 valence electrons. The first kappa shape index (κ1) is 21.8. The van der Waals surface area contributed by atoms with Crippen molar-refractivity contribution >= 4 is 45.6 Å². The molecule has 0 saturated carbocycles. The summed E-state index contributed by atoms with van der Waals surface area (Å²) in [6.07, 6.45) is 5.55. The molecule has 5 rings (SSSR count).